The Morgan fingerprint density at radius 3 is 2.24 bits per heavy atom. The molecule has 3 aromatic carbocycles. The van der Waals surface area contributed by atoms with Crippen LogP contribution in [0.5, 0.6) is 0 Å². The van der Waals surface area contributed by atoms with Crippen molar-refractivity contribution in [2.45, 2.75) is 50.1 Å². The normalized spacial score (nSPS) is 22.1. The number of ketones is 1. The number of carbonyl (C=O) groups excluding carboxylic acids is 2. The minimum Gasteiger partial charge on any atom is -0.448 e. The minimum atomic E-state index is -0.234. The van der Waals surface area contributed by atoms with Crippen molar-refractivity contribution in [3.63, 3.8) is 0 Å². The standard InChI is InChI=1S/C33H30N2O3/c36-32(29-14-5-7-21-15-16-34-19-30(21)29)22-17-23-8-6-9-24(18-22)35(23)33(37)38-20-31-27-12-3-1-10-25(27)26-11-2-4-13-28(26)31/h1-5,7,10-16,19,22-24,31H,6,8-9,17-18,20H2. The van der Waals surface area contributed by atoms with Crippen molar-refractivity contribution in [3.8, 4) is 11.1 Å². The molecule has 0 radical (unpaired) electrons. The fourth-order valence-electron chi connectivity index (χ4n) is 7.11. The Morgan fingerprint density at radius 2 is 1.53 bits per heavy atom. The van der Waals surface area contributed by atoms with Crippen molar-refractivity contribution in [2.75, 3.05) is 6.61 Å². The highest BCUT2D eigenvalue weighted by Crippen LogP contribution is 2.45. The van der Waals surface area contributed by atoms with Gasteiger partial charge in [-0.2, -0.15) is 0 Å². The van der Waals surface area contributed by atoms with E-state index >= 15 is 0 Å². The molecular weight excluding hydrogens is 472 g/mol. The van der Waals surface area contributed by atoms with Crippen molar-refractivity contribution in [1.82, 2.24) is 9.88 Å². The van der Waals surface area contributed by atoms with E-state index in [2.05, 4.69) is 53.5 Å². The first-order valence-electron chi connectivity index (χ1n) is 13.7. The summed E-state index contributed by atoms with van der Waals surface area (Å²) in [7, 11) is 0. The highest BCUT2D eigenvalue weighted by atomic mass is 16.6. The third-order valence-electron chi connectivity index (χ3n) is 8.84. The molecule has 2 fully saturated rings. The van der Waals surface area contributed by atoms with Crippen LogP contribution in [0.2, 0.25) is 0 Å². The van der Waals surface area contributed by atoms with Crippen molar-refractivity contribution in [3.05, 3.63) is 102 Å². The molecule has 7 rings (SSSR count). The van der Waals surface area contributed by atoms with E-state index in [0.29, 0.717) is 19.4 Å². The van der Waals surface area contributed by atoms with Gasteiger partial charge in [0.15, 0.2) is 5.78 Å². The molecule has 5 heteroatoms. The molecule has 2 saturated heterocycles. The molecule has 2 aliphatic heterocycles. The average molecular weight is 503 g/mol. The Morgan fingerprint density at radius 1 is 0.842 bits per heavy atom. The van der Waals surface area contributed by atoms with Crippen LogP contribution in [0.15, 0.2) is 85.2 Å². The maximum atomic E-state index is 13.7. The highest BCUT2D eigenvalue weighted by molar-refractivity contribution is 6.09. The van der Waals surface area contributed by atoms with Crippen LogP contribution in [0.4, 0.5) is 4.79 Å². The van der Waals surface area contributed by atoms with Crippen LogP contribution >= 0.6 is 0 Å². The summed E-state index contributed by atoms with van der Waals surface area (Å²) in [6.07, 6.45) is 7.61. The van der Waals surface area contributed by atoms with Gasteiger partial charge < -0.3 is 9.64 Å². The van der Waals surface area contributed by atoms with Gasteiger partial charge in [0.1, 0.15) is 6.61 Å². The molecule has 1 amide bonds. The SMILES string of the molecule is O=C(c1cccc2ccncc12)C1CC2CCCC(C1)N2C(=O)OCC1c2ccccc2-c2ccccc21. The number of ether oxygens (including phenoxy) is 1. The summed E-state index contributed by atoms with van der Waals surface area (Å²) in [5, 5.41) is 1.94. The fraction of sp³-hybridized carbons (Fsp3) is 0.303. The molecule has 3 heterocycles. The van der Waals surface area contributed by atoms with Gasteiger partial charge in [0.2, 0.25) is 0 Å². The second kappa shape index (κ2) is 9.39. The first kappa shape index (κ1) is 23.2. The van der Waals surface area contributed by atoms with Crippen molar-refractivity contribution in [2.24, 2.45) is 5.92 Å². The Labute approximate surface area is 222 Å². The van der Waals surface area contributed by atoms with Gasteiger partial charge in [-0.3, -0.25) is 9.78 Å². The number of nitrogens with zero attached hydrogens (tertiary/aromatic N) is 2. The molecule has 2 bridgehead atoms. The highest BCUT2D eigenvalue weighted by Gasteiger charge is 2.44. The van der Waals surface area contributed by atoms with E-state index in [1.165, 1.54) is 22.3 Å². The van der Waals surface area contributed by atoms with Gasteiger partial charge in [0, 0.05) is 47.3 Å². The lowest BCUT2D eigenvalue weighted by atomic mass is 9.75. The summed E-state index contributed by atoms with van der Waals surface area (Å²) < 4.78 is 6.05. The number of benzene rings is 3. The minimum absolute atomic E-state index is 0.0419. The van der Waals surface area contributed by atoms with Crippen molar-refractivity contribution in [1.29, 1.82) is 0 Å². The second-order valence-corrected chi connectivity index (χ2v) is 10.9. The number of pyridine rings is 1. The molecule has 2 unspecified atom stereocenters. The number of hydrogen-bond donors (Lipinski definition) is 0. The van der Waals surface area contributed by atoms with Crippen LogP contribution in [0, 0.1) is 5.92 Å². The molecule has 0 spiro atoms. The number of carbonyl (C=O) groups is 2. The summed E-state index contributed by atoms with van der Waals surface area (Å²) in [5.41, 5.74) is 5.63. The number of Topliss-reactive ketones (excluding diaryl/α,β-unsaturated/α-hetero) is 1. The van der Waals surface area contributed by atoms with Crippen LogP contribution in [-0.2, 0) is 4.74 Å². The number of hydrogen-bond acceptors (Lipinski definition) is 4. The van der Waals surface area contributed by atoms with Crippen LogP contribution in [0.1, 0.15) is 59.5 Å². The molecule has 2 atom stereocenters. The molecule has 4 aromatic rings. The summed E-state index contributed by atoms with van der Waals surface area (Å²) >= 11 is 0. The Hall–Kier alpha value is -3.99. The van der Waals surface area contributed by atoms with Gasteiger partial charge in [-0.1, -0.05) is 66.7 Å². The summed E-state index contributed by atoms with van der Waals surface area (Å²) in [6, 6.07) is 24.7. The second-order valence-electron chi connectivity index (χ2n) is 10.9. The lowest BCUT2D eigenvalue weighted by Crippen LogP contribution is -2.55. The van der Waals surface area contributed by atoms with E-state index in [-0.39, 0.29) is 35.8 Å². The number of rotatable bonds is 4. The van der Waals surface area contributed by atoms with Gasteiger partial charge in [-0.25, -0.2) is 4.79 Å². The van der Waals surface area contributed by atoms with E-state index < -0.39 is 0 Å². The molecule has 0 N–H and O–H groups in total. The fourth-order valence-corrected chi connectivity index (χ4v) is 7.11. The Kier molecular flexibility index (Phi) is 5.72. The molecule has 38 heavy (non-hydrogen) atoms. The predicted molar refractivity (Wildman–Crippen MR) is 147 cm³/mol. The molecule has 190 valence electrons. The van der Waals surface area contributed by atoms with E-state index in [0.717, 1.165) is 35.6 Å². The summed E-state index contributed by atoms with van der Waals surface area (Å²) in [4.78, 5) is 33.4. The first-order chi connectivity index (χ1) is 18.7. The lowest BCUT2D eigenvalue weighted by molar-refractivity contribution is 0.00654. The monoisotopic (exact) mass is 502 g/mol. The number of piperidine rings is 2. The third kappa shape index (κ3) is 3.80. The zero-order valence-corrected chi connectivity index (χ0v) is 21.3. The third-order valence-corrected chi connectivity index (χ3v) is 8.84. The Balaban J connectivity index is 1.08. The molecule has 1 aliphatic carbocycles. The molecular formula is C33H30N2O3. The smallest absolute Gasteiger partial charge is 0.410 e. The summed E-state index contributed by atoms with van der Waals surface area (Å²) in [6.45, 7) is 0.328. The zero-order chi connectivity index (χ0) is 25.6. The van der Waals surface area contributed by atoms with Crippen molar-refractivity contribution < 1.29 is 14.3 Å². The zero-order valence-electron chi connectivity index (χ0n) is 21.3. The largest absolute Gasteiger partial charge is 0.448 e. The molecule has 5 nitrogen and oxygen atoms in total. The van der Waals surface area contributed by atoms with Crippen LogP contribution < -0.4 is 0 Å². The van der Waals surface area contributed by atoms with E-state index in [1.54, 1.807) is 12.4 Å². The number of aromatic nitrogens is 1. The van der Waals surface area contributed by atoms with Crippen LogP contribution in [0.3, 0.4) is 0 Å². The lowest BCUT2D eigenvalue weighted by Gasteiger charge is -2.47. The van der Waals surface area contributed by atoms with Gasteiger partial charge >= 0.3 is 6.09 Å². The van der Waals surface area contributed by atoms with Gasteiger partial charge in [-0.05, 0) is 65.8 Å². The van der Waals surface area contributed by atoms with Gasteiger partial charge in [-0.15, -0.1) is 0 Å². The topological polar surface area (TPSA) is 59.5 Å². The number of fused-ring (bicyclic) bond motifs is 6. The maximum Gasteiger partial charge on any atom is 0.410 e. The van der Waals surface area contributed by atoms with Crippen molar-refractivity contribution >= 4 is 22.6 Å². The van der Waals surface area contributed by atoms with E-state index in [9.17, 15) is 9.59 Å². The maximum absolute atomic E-state index is 13.7. The van der Waals surface area contributed by atoms with E-state index in [4.69, 9.17) is 4.74 Å². The van der Waals surface area contributed by atoms with Gasteiger partial charge in [0.05, 0.1) is 0 Å². The molecule has 3 aliphatic rings. The first-order valence-corrected chi connectivity index (χ1v) is 13.7. The van der Waals surface area contributed by atoms with Gasteiger partial charge in [0.25, 0.3) is 0 Å². The molecule has 0 saturated carbocycles. The Bertz CT molecular complexity index is 1480. The van der Waals surface area contributed by atoms with E-state index in [1.807, 2.05) is 29.2 Å². The van der Waals surface area contributed by atoms with Crippen LogP contribution in [0.25, 0.3) is 21.9 Å². The summed E-state index contributed by atoms with van der Waals surface area (Å²) in [5.74, 6) is 0.131. The quantitative estimate of drug-likeness (QED) is 0.282. The average Bonchev–Trinajstić information content (AvgIpc) is 3.28. The molecule has 1 aromatic heterocycles. The van der Waals surface area contributed by atoms with Crippen LogP contribution in [-0.4, -0.2) is 40.5 Å². The number of amides is 1. The predicted octanol–water partition coefficient (Wildman–Crippen LogP) is 7.00.